The molecule has 12 heavy (non-hydrogen) atoms. The molecule has 0 aliphatic carbocycles. The molecule has 63 valence electrons. The molecule has 1 aromatic rings. The van der Waals surface area contributed by atoms with Crippen LogP contribution >= 0.6 is 0 Å². The van der Waals surface area contributed by atoms with Gasteiger partial charge in [-0.15, -0.1) is 0 Å². The number of rotatable bonds is 1. The molecular weight excluding hydrogens is 146 g/mol. The van der Waals surface area contributed by atoms with Gasteiger partial charge in [-0.1, -0.05) is 19.1 Å². The summed E-state index contributed by atoms with van der Waals surface area (Å²) in [4.78, 5) is 2.47. The molecule has 0 bridgehead atoms. The molecule has 2 rings (SSSR count). The van der Waals surface area contributed by atoms with Crippen LogP contribution < -0.4 is 0 Å². The molecular formula is C11H14N. The van der Waals surface area contributed by atoms with Crippen molar-refractivity contribution in [1.82, 2.24) is 4.90 Å². The van der Waals surface area contributed by atoms with Gasteiger partial charge in [-0.05, 0) is 36.2 Å². The van der Waals surface area contributed by atoms with Crippen molar-refractivity contribution in [1.29, 1.82) is 0 Å². The Hall–Kier alpha value is -0.820. The minimum absolute atomic E-state index is 1.11. The fourth-order valence-corrected chi connectivity index (χ4v) is 1.76. The Morgan fingerprint density at radius 3 is 3.25 bits per heavy atom. The molecule has 1 heterocycles. The second-order valence-corrected chi connectivity index (χ2v) is 3.31. The minimum atomic E-state index is 1.11. The van der Waals surface area contributed by atoms with Gasteiger partial charge in [0, 0.05) is 13.1 Å². The van der Waals surface area contributed by atoms with Crippen molar-refractivity contribution >= 4 is 0 Å². The Bertz CT molecular complexity index is 267. The lowest BCUT2D eigenvalue weighted by atomic mass is 10.0. The molecule has 0 aromatic heterocycles. The van der Waals surface area contributed by atoms with Crippen LogP contribution in [0.5, 0.6) is 0 Å². The van der Waals surface area contributed by atoms with E-state index in [0.717, 1.165) is 13.1 Å². The first-order valence-electron chi connectivity index (χ1n) is 4.60. The molecule has 0 saturated heterocycles. The molecule has 0 N–H and O–H groups in total. The van der Waals surface area contributed by atoms with E-state index >= 15 is 0 Å². The molecule has 1 nitrogen and oxygen atoms in total. The van der Waals surface area contributed by atoms with Crippen LogP contribution in [0.3, 0.4) is 0 Å². The number of likely N-dealkylation sites (N-methyl/N-ethyl adjacent to an activating group) is 1. The second kappa shape index (κ2) is 3.28. The summed E-state index contributed by atoms with van der Waals surface area (Å²) < 4.78 is 0. The first kappa shape index (κ1) is 7.81. The smallest absolute Gasteiger partial charge is 0.0236 e. The highest BCUT2D eigenvalue weighted by molar-refractivity contribution is 5.28. The Labute approximate surface area is 74.0 Å². The summed E-state index contributed by atoms with van der Waals surface area (Å²) in [6.07, 6.45) is 1.21. The average Bonchev–Trinajstić information content (AvgIpc) is 2.17. The van der Waals surface area contributed by atoms with E-state index in [9.17, 15) is 0 Å². The third kappa shape index (κ3) is 1.37. The molecule has 0 saturated carbocycles. The van der Waals surface area contributed by atoms with Gasteiger partial charge in [0.2, 0.25) is 0 Å². The summed E-state index contributed by atoms with van der Waals surface area (Å²) in [6, 6.07) is 9.47. The zero-order valence-electron chi connectivity index (χ0n) is 7.51. The SMILES string of the molecule is CCN1CCc2cc[c]cc2C1. The molecule has 1 heteroatoms. The van der Waals surface area contributed by atoms with Crippen LogP contribution in [0.1, 0.15) is 18.1 Å². The molecule has 0 fully saturated rings. The maximum absolute atomic E-state index is 3.14. The quantitative estimate of drug-likeness (QED) is 0.606. The molecule has 0 atom stereocenters. The van der Waals surface area contributed by atoms with E-state index in [1.165, 1.54) is 24.1 Å². The van der Waals surface area contributed by atoms with Crippen LogP contribution in [-0.2, 0) is 13.0 Å². The van der Waals surface area contributed by atoms with Crippen LogP contribution in [0.2, 0.25) is 0 Å². The van der Waals surface area contributed by atoms with E-state index in [1.54, 1.807) is 0 Å². The number of fused-ring (bicyclic) bond motifs is 1. The summed E-state index contributed by atoms with van der Waals surface area (Å²) in [5, 5.41) is 0. The standard InChI is InChI=1S/C11H14N/c1-2-12-8-7-10-5-3-4-6-11(10)9-12/h3,5-6H,2,7-9H2,1H3. The lowest BCUT2D eigenvalue weighted by molar-refractivity contribution is 0.268. The van der Waals surface area contributed by atoms with Crippen LogP contribution in [0.25, 0.3) is 0 Å². The number of benzene rings is 1. The summed E-state index contributed by atoms with van der Waals surface area (Å²) in [5.74, 6) is 0. The molecule has 0 unspecified atom stereocenters. The number of hydrogen-bond donors (Lipinski definition) is 0. The van der Waals surface area contributed by atoms with Crippen molar-refractivity contribution in [3.8, 4) is 0 Å². The van der Waals surface area contributed by atoms with Gasteiger partial charge in [0.25, 0.3) is 0 Å². The molecule has 1 radical (unpaired) electrons. The third-order valence-electron chi connectivity index (χ3n) is 2.59. The normalized spacial score (nSPS) is 17.4. The maximum Gasteiger partial charge on any atom is 0.0236 e. The first-order chi connectivity index (χ1) is 5.90. The molecule has 1 aromatic carbocycles. The summed E-state index contributed by atoms with van der Waals surface area (Å²) in [5.41, 5.74) is 2.98. The van der Waals surface area contributed by atoms with Crippen molar-refractivity contribution in [2.45, 2.75) is 19.9 Å². The van der Waals surface area contributed by atoms with Crippen molar-refractivity contribution in [2.75, 3.05) is 13.1 Å². The largest absolute Gasteiger partial charge is 0.299 e. The van der Waals surface area contributed by atoms with Crippen LogP contribution in [-0.4, -0.2) is 18.0 Å². The second-order valence-electron chi connectivity index (χ2n) is 3.31. The van der Waals surface area contributed by atoms with Crippen molar-refractivity contribution in [2.24, 2.45) is 0 Å². The number of nitrogens with zero attached hydrogens (tertiary/aromatic N) is 1. The van der Waals surface area contributed by atoms with E-state index in [-0.39, 0.29) is 0 Å². The predicted octanol–water partition coefficient (Wildman–Crippen LogP) is 1.86. The van der Waals surface area contributed by atoms with Crippen molar-refractivity contribution in [3.63, 3.8) is 0 Å². The van der Waals surface area contributed by atoms with Crippen molar-refractivity contribution in [3.05, 3.63) is 35.4 Å². The van der Waals surface area contributed by atoms with E-state index in [1.807, 2.05) is 6.07 Å². The number of hydrogen-bond acceptors (Lipinski definition) is 1. The highest BCUT2D eigenvalue weighted by atomic mass is 15.1. The minimum Gasteiger partial charge on any atom is -0.299 e. The summed E-state index contributed by atoms with van der Waals surface area (Å²) in [6.45, 7) is 5.71. The molecule has 0 amide bonds. The molecule has 1 aliphatic rings. The van der Waals surface area contributed by atoms with Crippen LogP contribution in [0.4, 0.5) is 0 Å². The predicted molar refractivity (Wildman–Crippen MR) is 49.9 cm³/mol. The van der Waals surface area contributed by atoms with Crippen LogP contribution in [0.15, 0.2) is 18.2 Å². The fraction of sp³-hybridized carbons (Fsp3) is 0.455. The lowest BCUT2D eigenvalue weighted by Gasteiger charge is -2.27. The monoisotopic (exact) mass is 160 g/mol. The first-order valence-corrected chi connectivity index (χ1v) is 4.60. The molecule has 1 aliphatic heterocycles. The third-order valence-corrected chi connectivity index (χ3v) is 2.59. The zero-order valence-corrected chi connectivity index (χ0v) is 7.51. The zero-order chi connectivity index (χ0) is 8.39. The van der Waals surface area contributed by atoms with Gasteiger partial charge in [-0.2, -0.15) is 0 Å². The summed E-state index contributed by atoms with van der Waals surface area (Å²) >= 11 is 0. The topological polar surface area (TPSA) is 3.24 Å². The van der Waals surface area contributed by atoms with E-state index in [4.69, 9.17) is 0 Å². The fourth-order valence-electron chi connectivity index (χ4n) is 1.76. The Morgan fingerprint density at radius 2 is 2.42 bits per heavy atom. The van der Waals surface area contributed by atoms with Gasteiger partial charge in [-0.3, -0.25) is 4.90 Å². The molecule has 0 spiro atoms. The van der Waals surface area contributed by atoms with Gasteiger partial charge in [-0.25, -0.2) is 0 Å². The van der Waals surface area contributed by atoms with Gasteiger partial charge < -0.3 is 0 Å². The van der Waals surface area contributed by atoms with Gasteiger partial charge >= 0.3 is 0 Å². The van der Waals surface area contributed by atoms with E-state index < -0.39 is 0 Å². The van der Waals surface area contributed by atoms with Crippen molar-refractivity contribution < 1.29 is 0 Å². The Balaban J connectivity index is 2.23. The van der Waals surface area contributed by atoms with Crippen LogP contribution in [0, 0.1) is 6.07 Å². The maximum atomic E-state index is 3.14. The van der Waals surface area contributed by atoms with Gasteiger partial charge in [0.15, 0.2) is 0 Å². The van der Waals surface area contributed by atoms with Gasteiger partial charge in [0.05, 0.1) is 0 Å². The highest BCUT2D eigenvalue weighted by Gasteiger charge is 2.12. The Kier molecular flexibility index (Phi) is 2.13. The average molecular weight is 160 g/mol. The lowest BCUT2D eigenvalue weighted by Crippen LogP contribution is -2.29. The van der Waals surface area contributed by atoms with Gasteiger partial charge in [0.1, 0.15) is 0 Å². The highest BCUT2D eigenvalue weighted by Crippen LogP contribution is 2.17. The van der Waals surface area contributed by atoms with E-state index in [0.29, 0.717) is 0 Å². The summed E-state index contributed by atoms with van der Waals surface area (Å²) in [7, 11) is 0. The van der Waals surface area contributed by atoms with E-state index in [2.05, 4.69) is 30.0 Å². The Morgan fingerprint density at radius 1 is 1.50 bits per heavy atom.